The molecule has 0 fully saturated rings. The molecule has 1 aromatic rings. The average molecular weight is 329 g/mol. The van der Waals surface area contributed by atoms with E-state index in [4.69, 9.17) is 0 Å². The van der Waals surface area contributed by atoms with Gasteiger partial charge in [0.2, 0.25) is 0 Å². The van der Waals surface area contributed by atoms with Crippen LogP contribution in [0.1, 0.15) is 12.5 Å². The lowest BCUT2D eigenvalue weighted by molar-refractivity contribution is -0.908. The lowest BCUT2D eigenvalue weighted by Gasteiger charge is -2.20. The van der Waals surface area contributed by atoms with Crippen LogP contribution in [0.25, 0.3) is 0 Å². The number of carbonyl (C=O) groups excluding carboxylic acids is 2. The number of carbonyl (C=O) groups is 2. The smallest absolute Gasteiger partial charge is 0.321 e. The summed E-state index contributed by atoms with van der Waals surface area (Å²) in [6.07, 6.45) is 0. The monoisotopic (exact) mass is 328 g/mol. The molecule has 0 saturated heterocycles. The number of urea groups is 1. The number of benzene rings is 1. The summed E-state index contributed by atoms with van der Waals surface area (Å²) in [4.78, 5) is 23.9. The number of imide groups is 1. The molecule has 3 N–H and O–H groups in total. The van der Waals surface area contributed by atoms with Crippen molar-refractivity contribution in [3.05, 3.63) is 34.3 Å². The molecule has 19 heavy (non-hydrogen) atoms. The number of rotatable bonds is 4. The number of likely N-dealkylation sites (N-methyl/N-ethyl adjacent to an activating group) is 1. The minimum Gasteiger partial charge on any atom is -0.341 e. The van der Waals surface area contributed by atoms with Gasteiger partial charge in [0.1, 0.15) is 6.54 Å². The van der Waals surface area contributed by atoms with Gasteiger partial charge in [0.15, 0.2) is 6.04 Å². The fraction of sp³-hybridized carbons (Fsp3) is 0.385. The molecule has 0 bridgehead atoms. The van der Waals surface area contributed by atoms with Crippen LogP contribution in [-0.4, -0.2) is 32.1 Å². The summed E-state index contributed by atoms with van der Waals surface area (Å²) in [5.74, 6) is -0.283. The van der Waals surface area contributed by atoms with E-state index in [9.17, 15) is 9.59 Å². The maximum absolute atomic E-state index is 11.8. The lowest BCUT2D eigenvalue weighted by atomic mass is 10.2. The highest BCUT2D eigenvalue weighted by Crippen LogP contribution is 2.09. The topological polar surface area (TPSA) is 62.6 Å². The molecule has 0 aromatic heterocycles. The maximum atomic E-state index is 11.8. The Kier molecular flexibility index (Phi) is 5.98. The van der Waals surface area contributed by atoms with Crippen molar-refractivity contribution in [2.75, 3.05) is 14.1 Å². The third kappa shape index (κ3) is 5.00. The molecule has 2 atom stereocenters. The summed E-state index contributed by atoms with van der Waals surface area (Å²) in [7, 11) is 3.40. The Bertz CT molecular complexity index is 448. The van der Waals surface area contributed by atoms with Crippen molar-refractivity contribution in [3.8, 4) is 0 Å². The highest BCUT2D eigenvalue weighted by Gasteiger charge is 2.23. The van der Waals surface area contributed by atoms with Crippen LogP contribution in [0.3, 0.4) is 0 Å². The fourth-order valence-corrected chi connectivity index (χ4v) is 1.85. The predicted molar refractivity (Wildman–Crippen MR) is 76.8 cm³/mol. The first-order valence-electron chi connectivity index (χ1n) is 6.03. The Morgan fingerprint density at radius 1 is 1.32 bits per heavy atom. The molecule has 0 spiro atoms. The van der Waals surface area contributed by atoms with Crippen LogP contribution in [0.15, 0.2) is 28.7 Å². The zero-order valence-corrected chi connectivity index (χ0v) is 12.9. The molecule has 1 aromatic carbocycles. The summed E-state index contributed by atoms with van der Waals surface area (Å²) in [6.45, 7) is 2.52. The molecule has 0 aliphatic heterocycles. The second kappa shape index (κ2) is 7.25. The summed E-state index contributed by atoms with van der Waals surface area (Å²) >= 11 is 3.38. The van der Waals surface area contributed by atoms with E-state index >= 15 is 0 Å². The minimum absolute atomic E-state index is 0.283. The van der Waals surface area contributed by atoms with Crippen molar-refractivity contribution >= 4 is 27.9 Å². The van der Waals surface area contributed by atoms with Crippen LogP contribution in [0.5, 0.6) is 0 Å². The first-order valence-corrected chi connectivity index (χ1v) is 6.82. The van der Waals surface area contributed by atoms with Crippen molar-refractivity contribution in [2.24, 2.45) is 0 Å². The van der Waals surface area contributed by atoms with Gasteiger partial charge in [-0.1, -0.05) is 28.1 Å². The van der Waals surface area contributed by atoms with Gasteiger partial charge in [0.25, 0.3) is 5.91 Å². The van der Waals surface area contributed by atoms with E-state index in [1.807, 2.05) is 31.3 Å². The predicted octanol–water partition coefficient (Wildman–Crippen LogP) is 0.308. The maximum Gasteiger partial charge on any atom is 0.321 e. The number of amides is 3. The molecule has 0 heterocycles. The van der Waals surface area contributed by atoms with E-state index in [1.54, 1.807) is 6.92 Å². The van der Waals surface area contributed by atoms with E-state index in [1.165, 1.54) is 7.05 Å². The summed E-state index contributed by atoms with van der Waals surface area (Å²) < 4.78 is 1.03. The zero-order valence-electron chi connectivity index (χ0n) is 11.3. The summed E-state index contributed by atoms with van der Waals surface area (Å²) in [5.41, 5.74) is 1.14. The molecule has 104 valence electrons. The quantitative estimate of drug-likeness (QED) is 0.744. The van der Waals surface area contributed by atoms with E-state index < -0.39 is 6.03 Å². The normalized spacial score (nSPS) is 13.5. The molecular weight excluding hydrogens is 310 g/mol. The van der Waals surface area contributed by atoms with Gasteiger partial charge >= 0.3 is 6.03 Å². The standard InChI is InChI=1S/C13H18BrN3O2/c1-9(12(18)16-13(19)15-2)17(3)8-10-4-6-11(14)7-5-10/h4-7,9H,8H2,1-3H3,(H2,15,16,18,19)/p+1/t9-/m0/s1. The van der Waals surface area contributed by atoms with Gasteiger partial charge in [-0.05, 0) is 19.1 Å². The lowest BCUT2D eigenvalue weighted by Crippen LogP contribution is -3.12. The summed E-state index contributed by atoms with van der Waals surface area (Å²) in [6, 6.07) is 7.18. The van der Waals surface area contributed by atoms with Crippen LogP contribution in [0, 0.1) is 0 Å². The zero-order chi connectivity index (χ0) is 14.4. The van der Waals surface area contributed by atoms with Gasteiger partial charge in [0.05, 0.1) is 7.05 Å². The molecule has 5 nitrogen and oxygen atoms in total. The van der Waals surface area contributed by atoms with Gasteiger partial charge in [-0.2, -0.15) is 0 Å². The number of quaternary nitrogens is 1. The van der Waals surface area contributed by atoms with Gasteiger partial charge in [-0.3, -0.25) is 10.1 Å². The SMILES string of the molecule is CNC(=O)NC(=O)[C@H](C)[NH+](C)Cc1ccc(Br)cc1. The van der Waals surface area contributed by atoms with Crippen molar-refractivity contribution in [2.45, 2.75) is 19.5 Å². The molecule has 0 aliphatic rings. The van der Waals surface area contributed by atoms with Crippen LogP contribution < -0.4 is 15.5 Å². The number of hydrogen-bond donors (Lipinski definition) is 3. The van der Waals surface area contributed by atoms with E-state index in [0.717, 1.165) is 21.5 Å². The third-order valence-electron chi connectivity index (χ3n) is 2.99. The number of halogens is 1. The molecule has 0 aliphatic carbocycles. The Balaban J connectivity index is 2.56. The molecular formula is C13H19BrN3O2+. The number of nitrogens with one attached hydrogen (secondary N) is 3. The molecule has 6 heteroatoms. The van der Waals surface area contributed by atoms with Gasteiger partial charge in [0, 0.05) is 17.1 Å². The van der Waals surface area contributed by atoms with E-state index in [-0.39, 0.29) is 11.9 Å². The minimum atomic E-state index is -0.478. The first-order chi connectivity index (χ1) is 8.93. The molecule has 0 radical (unpaired) electrons. The van der Waals surface area contributed by atoms with Gasteiger partial charge < -0.3 is 10.2 Å². The second-order valence-electron chi connectivity index (χ2n) is 4.44. The largest absolute Gasteiger partial charge is 0.341 e. The Morgan fingerprint density at radius 3 is 2.42 bits per heavy atom. The Hall–Kier alpha value is -1.40. The van der Waals surface area contributed by atoms with Crippen molar-refractivity contribution in [1.82, 2.24) is 10.6 Å². The number of hydrogen-bond acceptors (Lipinski definition) is 2. The third-order valence-corrected chi connectivity index (χ3v) is 3.52. The van der Waals surface area contributed by atoms with Crippen LogP contribution >= 0.6 is 15.9 Å². The van der Waals surface area contributed by atoms with Crippen molar-refractivity contribution < 1.29 is 14.5 Å². The Morgan fingerprint density at radius 2 is 1.89 bits per heavy atom. The summed E-state index contributed by atoms with van der Waals surface area (Å²) in [5, 5.41) is 4.65. The first kappa shape index (κ1) is 15.7. The molecule has 1 rings (SSSR count). The van der Waals surface area contributed by atoms with Crippen LogP contribution in [0.4, 0.5) is 4.79 Å². The van der Waals surface area contributed by atoms with Crippen LogP contribution in [-0.2, 0) is 11.3 Å². The average Bonchev–Trinajstić information content (AvgIpc) is 2.40. The molecule has 1 unspecified atom stereocenters. The van der Waals surface area contributed by atoms with Gasteiger partial charge in [-0.15, -0.1) is 0 Å². The van der Waals surface area contributed by atoms with Crippen LogP contribution in [0.2, 0.25) is 0 Å². The Labute approximate surface area is 121 Å². The highest BCUT2D eigenvalue weighted by molar-refractivity contribution is 9.10. The van der Waals surface area contributed by atoms with Crippen molar-refractivity contribution in [3.63, 3.8) is 0 Å². The van der Waals surface area contributed by atoms with E-state index in [2.05, 4.69) is 26.6 Å². The second-order valence-corrected chi connectivity index (χ2v) is 5.36. The molecule has 3 amide bonds. The van der Waals surface area contributed by atoms with Crippen molar-refractivity contribution in [1.29, 1.82) is 0 Å². The van der Waals surface area contributed by atoms with Gasteiger partial charge in [-0.25, -0.2) is 4.79 Å². The molecule has 0 saturated carbocycles. The fourth-order valence-electron chi connectivity index (χ4n) is 1.58. The highest BCUT2D eigenvalue weighted by atomic mass is 79.9. The van der Waals surface area contributed by atoms with E-state index in [0.29, 0.717) is 0 Å².